The first kappa shape index (κ1) is 20.9. The van der Waals surface area contributed by atoms with E-state index in [9.17, 15) is 26.4 Å². The Morgan fingerprint density at radius 2 is 1.67 bits per heavy atom. The fraction of sp³-hybridized carbons (Fsp3) is 0.381. The zero-order chi connectivity index (χ0) is 21.5. The molecule has 2 aliphatic heterocycles. The summed E-state index contributed by atoms with van der Waals surface area (Å²) in [6.07, 6.45) is -1.39. The molecule has 0 atom stereocenters. The summed E-state index contributed by atoms with van der Waals surface area (Å²) < 4.78 is 66.2. The number of piperidine rings is 1. The quantitative estimate of drug-likeness (QED) is 0.726. The van der Waals surface area contributed by atoms with Crippen LogP contribution in [0.3, 0.4) is 0 Å². The molecule has 160 valence electrons. The maximum atomic E-state index is 13.0. The van der Waals surface area contributed by atoms with Crippen LogP contribution in [0.4, 0.5) is 18.9 Å². The van der Waals surface area contributed by atoms with Crippen LogP contribution < -0.4 is 4.90 Å². The van der Waals surface area contributed by atoms with Crippen molar-refractivity contribution >= 4 is 21.6 Å². The second-order valence-corrected chi connectivity index (χ2v) is 9.48. The van der Waals surface area contributed by atoms with Gasteiger partial charge in [0.05, 0.1) is 10.5 Å². The van der Waals surface area contributed by atoms with Crippen molar-refractivity contribution in [3.05, 3.63) is 59.2 Å². The van der Waals surface area contributed by atoms with Gasteiger partial charge in [-0.3, -0.25) is 4.79 Å². The first-order valence-corrected chi connectivity index (χ1v) is 11.2. The number of hydrogen-bond acceptors (Lipinski definition) is 3. The second-order valence-electron chi connectivity index (χ2n) is 7.54. The van der Waals surface area contributed by atoms with E-state index in [0.717, 1.165) is 31.4 Å². The Balaban J connectivity index is 1.60. The number of benzene rings is 2. The summed E-state index contributed by atoms with van der Waals surface area (Å²) in [6, 6.07) is 8.96. The van der Waals surface area contributed by atoms with Crippen LogP contribution in [-0.4, -0.2) is 38.3 Å². The molecular formula is C21H21F3N2O3S. The first-order chi connectivity index (χ1) is 14.2. The Bertz CT molecular complexity index is 1080. The summed E-state index contributed by atoms with van der Waals surface area (Å²) in [6.45, 7) is 1.29. The minimum atomic E-state index is -4.53. The molecule has 0 spiro atoms. The van der Waals surface area contributed by atoms with Crippen LogP contribution in [-0.2, 0) is 22.6 Å². The number of halogens is 3. The number of carbonyl (C=O) groups excluding carboxylic acids is 1. The van der Waals surface area contributed by atoms with Crippen molar-refractivity contribution in [2.24, 2.45) is 0 Å². The summed E-state index contributed by atoms with van der Waals surface area (Å²) in [7, 11) is -3.59. The van der Waals surface area contributed by atoms with Gasteiger partial charge in [0.25, 0.3) is 5.91 Å². The Hall–Kier alpha value is -2.39. The predicted octanol–water partition coefficient (Wildman–Crippen LogP) is 4.08. The molecule has 2 heterocycles. The van der Waals surface area contributed by atoms with Gasteiger partial charge in [-0.05, 0) is 61.2 Å². The minimum absolute atomic E-state index is 0.0531. The highest BCUT2D eigenvalue weighted by atomic mass is 32.2. The Labute approximate surface area is 173 Å². The van der Waals surface area contributed by atoms with Gasteiger partial charge in [-0.15, -0.1) is 0 Å². The third-order valence-corrected chi connectivity index (χ3v) is 7.48. The number of anilines is 1. The number of nitrogens with zero attached hydrogens (tertiary/aromatic N) is 2. The lowest BCUT2D eigenvalue weighted by molar-refractivity contribution is -0.137. The fourth-order valence-corrected chi connectivity index (χ4v) is 5.56. The van der Waals surface area contributed by atoms with Crippen molar-refractivity contribution in [3.8, 4) is 0 Å². The topological polar surface area (TPSA) is 57.7 Å². The van der Waals surface area contributed by atoms with E-state index in [1.807, 2.05) is 0 Å². The van der Waals surface area contributed by atoms with Gasteiger partial charge in [0, 0.05) is 30.9 Å². The fourth-order valence-electron chi connectivity index (χ4n) is 3.99. The molecule has 0 unspecified atom stereocenters. The summed E-state index contributed by atoms with van der Waals surface area (Å²) in [5.41, 5.74) is 0.307. The minimum Gasteiger partial charge on any atom is -0.308 e. The number of rotatable bonds is 3. The number of amides is 1. The van der Waals surface area contributed by atoms with Crippen LogP contribution in [0.15, 0.2) is 47.4 Å². The average molecular weight is 438 g/mol. The smallest absolute Gasteiger partial charge is 0.308 e. The standard InChI is InChI=1S/C21H21F3N2O3S/c22-21(23,24)17-6-4-5-16(13-17)20(27)26-12-9-15-14-18(7-8-19(15)26)30(28,29)25-10-2-1-3-11-25/h4-8,13-14H,1-3,9-12H2. The SMILES string of the molecule is O=C(c1cccc(C(F)(F)F)c1)N1CCc2cc(S(=O)(=O)N3CCCCC3)ccc21. The molecule has 30 heavy (non-hydrogen) atoms. The number of alkyl halides is 3. The maximum absolute atomic E-state index is 13.0. The van der Waals surface area contributed by atoms with Gasteiger partial charge in [-0.1, -0.05) is 12.5 Å². The molecule has 4 rings (SSSR count). The van der Waals surface area contributed by atoms with E-state index < -0.39 is 27.7 Å². The molecule has 9 heteroatoms. The summed E-state index contributed by atoms with van der Waals surface area (Å²) >= 11 is 0. The normalized spacial score (nSPS) is 17.8. The van der Waals surface area contributed by atoms with Crippen LogP contribution in [0.2, 0.25) is 0 Å². The summed E-state index contributed by atoms with van der Waals surface area (Å²) in [4.78, 5) is 14.4. The van der Waals surface area contributed by atoms with Crippen LogP contribution in [0, 0.1) is 0 Å². The first-order valence-electron chi connectivity index (χ1n) is 9.80. The molecule has 2 aromatic rings. The number of hydrogen-bond donors (Lipinski definition) is 0. The van der Waals surface area contributed by atoms with Gasteiger partial charge < -0.3 is 4.90 Å². The number of sulfonamides is 1. The van der Waals surface area contributed by atoms with Crippen LogP contribution in [0.5, 0.6) is 0 Å². The van der Waals surface area contributed by atoms with E-state index in [0.29, 0.717) is 30.8 Å². The van der Waals surface area contributed by atoms with E-state index in [1.165, 1.54) is 27.4 Å². The van der Waals surface area contributed by atoms with E-state index in [1.54, 1.807) is 12.1 Å². The highest BCUT2D eigenvalue weighted by Crippen LogP contribution is 2.34. The van der Waals surface area contributed by atoms with Crippen LogP contribution in [0.25, 0.3) is 0 Å². The zero-order valence-corrected chi connectivity index (χ0v) is 17.0. The van der Waals surface area contributed by atoms with Gasteiger partial charge in [-0.2, -0.15) is 17.5 Å². The predicted molar refractivity (Wildman–Crippen MR) is 106 cm³/mol. The molecule has 1 saturated heterocycles. The monoisotopic (exact) mass is 438 g/mol. The molecule has 2 aliphatic rings. The van der Waals surface area contributed by atoms with E-state index in [-0.39, 0.29) is 17.0 Å². The molecular weight excluding hydrogens is 417 g/mol. The molecule has 0 saturated carbocycles. The van der Waals surface area contributed by atoms with Crippen LogP contribution in [0.1, 0.15) is 40.7 Å². The van der Waals surface area contributed by atoms with Crippen molar-refractivity contribution in [1.29, 1.82) is 0 Å². The van der Waals surface area contributed by atoms with E-state index >= 15 is 0 Å². The Kier molecular flexibility index (Phi) is 5.36. The van der Waals surface area contributed by atoms with Crippen molar-refractivity contribution in [3.63, 3.8) is 0 Å². The van der Waals surface area contributed by atoms with Crippen molar-refractivity contribution in [2.75, 3.05) is 24.5 Å². The molecule has 2 aromatic carbocycles. The second kappa shape index (κ2) is 7.70. The summed E-state index contributed by atoms with van der Waals surface area (Å²) in [5, 5.41) is 0. The van der Waals surface area contributed by atoms with Gasteiger partial charge in [0.2, 0.25) is 10.0 Å². The molecule has 1 amide bonds. The van der Waals surface area contributed by atoms with Gasteiger partial charge in [-0.25, -0.2) is 8.42 Å². The molecule has 0 bridgehead atoms. The lowest BCUT2D eigenvalue weighted by atomic mass is 10.1. The summed E-state index contributed by atoms with van der Waals surface area (Å²) in [5.74, 6) is -0.536. The largest absolute Gasteiger partial charge is 0.416 e. The third-order valence-electron chi connectivity index (χ3n) is 5.58. The molecule has 0 aliphatic carbocycles. The van der Waals surface area contributed by atoms with E-state index in [2.05, 4.69) is 0 Å². The molecule has 1 fully saturated rings. The van der Waals surface area contributed by atoms with Gasteiger partial charge >= 0.3 is 6.18 Å². The van der Waals surface area contributed by atoms with Crippen LogP contribution >= 0.6 is 0 Å². The van der Waals surface area contributed by atoms with Gasteiger partial charge in [0.15, 0.2) is 0 Å². The zero-order valence-electron chi connectivity index (χ0n) is 16.2. The molecule has 5 nitrogen and oxygen atoms in total. The molecule has 0 N–H and O–H groups in total. The van der Waals surface area contributed by atoms with Crippen molar-refractivity contribution in [1.82, 2.24) is 4.31 Å². The van der Waals surface area contributed by atoms with Crippen molar-refractivity contribution in [2.45, 2.75) is 36.8 Å². The highest BCUT2D eigenvalue weighted by molar-refractivity contribution is 7.89. The Morgan fingerprint density at radius 1 is 0.933 bits per heavy atom. The number of carbonyl (C=O) groups is 1. The average Bonchev–Trinajstić information content (AvgIpc) is 3.16. The molecule has 0 aromatic heterocycles. The van der Waals surface area contributed by atoms with Crippen molar-refractivity contribution < 1.29 is 26.4 Å². The van der Waals surface area contributed by atoms with Gasteiger partial charge in [0.1, 0.15) is 0 Å². The maximum Gasteiger partial charge on any atom is 0.416 e. The Morgan fingerprint density at radius 3 is 2.37 bits per heavy atom. The molecule has 0 radical (unpaired) electrons. The lowest BCUT2D eigenvalue weighted by Crippen LogP contribution is -2.35. The lowest BCUT2D eigenvalue weighted by Gasteiger charge is -2.26. The third kappa shape index (κ3) is 3.83. The van der Waals surface area contributed by atoms with E-state index in [4.69, 9.17) is 0 Å². The highest BCUT2D eigenvalue weighted by Gasteiger charge is 2.33. The number of fused-ring (bicyclic) bond motifs is 1.